The number of nitrogen functional groups attached to an aromatic ring is 1. The number of esters is 1. The highest BCUT2D eigenvalue weighted by molar-refractivity contribution is 9.10. The third-order valence-corrected chi connectivity index (χ3v) is 4.95. The highest BCUT2D eigenvalue weighted by Gasteiger charge is 2.33. The molecule has 2 rings (SSSR count). The summed E-state index contributed by atoms with van der Waals surface area (Å²) in [5.74, 6) is 1.28. The Morgan fingerprint density at radius 3 is 2.71 bits per heavy atom. The third-order valence-electron chi connectivity index (χ3n) is 4.45. The summed E-state index contributed by atoms with van der Waals surface area (Å²) in [5, 5.41) is 0. The quantitative estimate of drug-likeness (QED) is 0.635. The smallest absolute Gasteiger partial charge is 0.340 e. The van der Waals surface area contributed by atoms with Gasteiger partial charge in [-0.1, -0.05) is 43.1 Å². The van der Waals surface area contributed by atoms with Crippen molar-refractivity contribution in [2.45, 2.75) is 46.1 Å². The maximum atomic E-state index is 12.4. The van der Waals surface area contributed by atoms with E-state index in [1.165, 1.54) is 6.42 Å². The van der Waals surface area contributed by atoms with Crippen LogP contribution < -0.4 is 5.73 Å². The number of rotatable bonds is 3. The van der Waals surface area contributed by atoms with E-state index < -0.39 is 0 Å². The molecule has 1 aliphatic rings. The lowest BCUT2D eigenvalue weighted by Gasteiger charge is -2.36. The van der Waals surface area contributed by atoms with Gasteiger partial charge in [-0.15, -0.1) is 0 Å². The van der Waals surface area contributed by atoms with E-state index in [0.29, 0.717) is 29.0 Å². The number of carbonyl (C=O) groups is 1. The van der Waals surface area contributed by atoms with Crippen LogP contribution in [-0.2, 0) is 4.74 Å². The van der Waals surface area contributed by atoms with Gasteiger partial charge >= 0.3 is 5.97 Å². The molecule has 1 aliphatic carbocycles. The summed E-state index contributed by atoms with van der Waals surface area (Å²) >= 11 is 3.35. The Bertz CT molecular complexity index is 516. The first-order chi connectivity index (χ1) is 9.88. The standard InChI is InChI=1S/C17H24BrNO2/c1-10(2)13-6-4-11(3)8-16(13)21-17(20)14-7-5-12(18)9-15(14)19/h5,7,9-11,13,16H,4,6,8,19H2,1-3H3. The minimum absolute atomic E-state index is 0.00398. The number of ether oxygens (including phenoxy) is 1. The van der Waals surface area contributed by atoms with E-state index in [2.05, 4.69) is 36.7 Å². The Morgan fingerprint density at radius 1 is 1.38 bits per heavy atom. The van der Waals surface area contributed by atoms with Crippen molar-refractivity contribution in [2.24, 2.45) is 17.8 Å². The fourth-order valence-corrected chi connectivity index (χ4v) is 3.55. The molecule has 0 radical (unpaired) electrons. The molecule has 2 N–H and O–H groups in total. The van der Waals surface area contributed by atoms with Crippen LogP contribution in [0, 0.1) is 17.8 Å². The van der Waals surface area contributed by atoms with Gasteiger partial charge in [0.2, 0.25) is 0 Å². The highest BCUT2D eigenvalue weighted by Crippen LogP contribution is 2.36. The van der Waals surface area contributed by atoms with Crippen LogP contribution >= 0.6 is 15.9 Å². The summed E-state index contributed by atoms with van der Waals surface area (Å²) in [6.07, 6.45) is 3.30. The van der Waals surface area contributed by atoms with Crippen LogP contribution in [0.4, 0.5) is 5.69 Å². The molecule has 4 heteroatoms. The van der Waals surface area contributed by atoms with Crippen molar-refractivity contribution in [3.8, 4) is 0 Å². The molecule has 3 atom stereocenters. The zero-order chi connectivity index (χ0) is 15.6. The van der Waals surface area contributed by atoms with Crippen LogP contribution in [0.5, 0.6) is 0 Å². The molecule has 1 aromatic rings. The number of carbonyl (C=O) groups excluding carboxylic acids is 1. The van der Waals surface area contributed by atoms with Gasteiger partial charge < -0.3 is 10.5 Å². The average Bonchev–Trinajstić information content (AvgIpc) is 2.37. The molecule has 0 bridgehead atoms. The van der Waals surface area contributed by atoms with Crippen molar-refractivity contribution < 1.29 is 9.53 Å². The molecule has 0 spiro atoms. The Morgan fingerprint density at radius 2 is 2.10 bits per heavy atom. The van der Waals surface area contributed by atoms with E-state index in [0.717, 1.165) is 17.3 Å². The molecule has 1 aromatic carbocycles. The first-order valence-corrected chi connectivity index (χ1v) is 8.43. The Hall–Kier alpha value is -1.03. The van der Waals surface area contributed by atoms with E-state index in [4.69, 9.17) is 10.5 Å². The molecule has 21 heavy (non-hydrogen) atoms. The zero-order valence-corrected chi connectivity index (χ0v) is 14.5. The van der Waals surface area contributed by atoms with Gasteiger partial charge in [0.15, 0.2) is 0 Å². The lowest BCUT2D eigenvalue weighted by atomic mass is 9.75. The zero-order valence-electron chi connectivity index (χ0n) is 12.9. The summed E-state index contributed by atoms with van der Waals surface area (Å²) in [4.78, 5) is 12.4. The molecule has 116 valence electrons. The molecule has 0 saturated heterocycles. The summed E-state index contributed by atoms with van der Waals surface area (Å²) in [6, 6.07) is 5.27. The van der Waals surface area contributed by atoms with Crippen LogP contribution in [0.2, 0.25) is 0 Å². The summed E-state index contributed by atoms with van der Waals surface area (Å²) in [7, 11) is 0. The van der Waals surface area contributed by atoms with Gasteiger partial charge in [0.05, 0.1) is 5.56 Å². The van der Waals surface area contributed by atoms with Gasteiger partial charge in [-0.2, -0.15) is 0 Å². The topological polar surface area (TPSA) is 52.3 Å². The van der Waals surface area contributed by atoms with Crippen molar-refractivity contribution >= 4 is 27.6 Å². The minimum atomic E-state index is -0.301. The minimum Gasteiger partial charge on any atom is -0.458 e. The number of hydrogen-bond acceptors (Lipinski definition) is 3. The van der Waals surface area contributed by atoms with E-state index in [1.807, 2.05) is 6.07 Å². The second-order valence-corrected chi connectivity index (χ2v) is 7.42. The monoisotopic (exact) mass is 353 g/mol. The summed E-state index contributed by atoms with van der Waals surface area (Å²) < 4.78 is 6.67. The fourth-order valence-electron chi connectivity index (χ4n) is 3.17. The van der Waals surface area contributed by atoms with Crippen LogP contribution in [0.25, 0.3) is 0 Å². The first-order valence-electron chi connectivity index (χ1n) is 7.64. The maximum Gasteiger partial charge on any atom is 0.340 e. The highest BCUT2D eigenvalue weighted by atomic mass is 79.9. The number of hydrogen-bond donors (Lipinski definition) is 1. The number of nitrogens with two attached hydrogens (primary N) is 1. The number of benzene rings is 1. The predicted octanol–water partition coefficient (Wildman–Crippen LogP) is 4.65. The molecule has 1 fully saturated rings. The molecule has 3 unspecified atom stereocenters. The molecule has 0 heterocycles. The lowest BCUT2D eigenvalue weighted by molar-refractivity contribution is -0.0173. The number of anilines is 1. The fraction of sp³-hybridized carbons (Fsp3) is 0.588. The molecule has 1 saturated carbocycles. The Balaban J connectivity index is 2.12. The van der Waals surface area contributed by atoms with Crippen molar-refractivity contribution in [3.63, 3.8) is 0 Å². The van der Waals surface area contributed by atoms with E-state index in [9.17, 15) is 4.79 Å². The van der Waals surface area contributed by atoms with Crippen molar-refractivity contribution in [1.82, 2.24) is 0 Å². The van der Waals surface area contributed by atoms with Crippen molar-refractivity contribution in [3.05, 3.63) is 28.2 Å². The van der Waals surface area contributed by atoms with Gasteiger partial charge in [-0.05, 0) is 48.8 Å². The van der Waals surface area contributed by atoms with Gasteiger partial charge in [-0.3, -0.25) is 0 Å². The third kappa shape index (κ3) is 4.00. The van der Waals surface area contributed by atoms with Gasteiger partial charge in [0.25, 0.3) is 0 Å². The van der Waals surface area contributed by atoms with Gasteiger partial charge in [0, 0.05) is 10.2 Å². The molecular formula is C17H24BrNO2. The van der Waals surface area contributed by atoms with Crippen LogP contribution in [0.1, 0.15) is 50.4 Å². The van der Waals surface area contributed by atoms with Crippen LogP contribution in [-0.4, -0.2) is 12.1 Å². The van der Waals surface area contributed by atoms with Crippen molar-refractivity contribution in [1.29, 1.82) is 0 Å². The normalized spacial score (nSPS) is 25.9. The second-order valence-electron chi connectivity index (χ2n) is 6.50. The Labute approximate surface area is 135 Å². The predicted molar refractivity (Wildman–Crippen MR) is 89.1 cm³/mol. The SMILES string of the molecule is CC1CCC(C(C)C)C(OC(=O)c2ccc(Br)cc2N)C1. The largest absolute Gasteiger partial charge is 0.458 e. The molecule has 3 nitrogen and oxygen atoms in total. The average molecular weight is 354 g/mol. The van der Waals surface area contributed by atoms with Gasteiger partial charge in [0.1, 0.15) is 6.10 Å². The van der Waals surface area contributed by atoms with Crippen LogP contribution in [0.15, 0.2) is 22.7 Å². The lowest BCUT2D eigenvalue weighted by Crippen LogP contribution is -2.36. The van der Waals surface area contributed by atoms with Gasteiger partial charge in [-0.25, -0.2) is 4.79 Å². The molecule has 0 aliphatic heterocycles. The van der Waals surface area contributed by atoms with E-state index in [1.54, 1.807) is 12.1 Å². The van der Waals surface area contributed by atoms with E-state index in [-0.39, 0.29) is 12.1 Å². The number of halogens is 1. The molecule has 0 amide bonds. The first kappa shape index (κ1) is 16.3. The molecular weight excluding hydrogens is 330 g/mol. The van der Waals surface area contributed by atoms with Crippen molar-refractivity contribution in [2.75, 3.05) is 5.73 Å². The summed E-state index contributed by atoms with van der Waals surface area (Å²) in [5.41, 5.74) is 6.83. The van der Waals surface area contributed by atoms with E-state index >= 15 is 0 Å². The maximum absolute atomic E-state index is 12.4. The molecule has 0 aromatic heterocycles. The summed E-state index contributed by atoms with van der Waals surface area (Å²) in [6.45, 7) is 6.64. The van der Waals surface area contributed by atoms with Crippen LogP contribution in [0.3, 0.4) is 0 Å². The Kier molecular flexibility index (Phi) is 5.31. The second kappa shape index (κ2) is 6.82.